The first-order valence-electron chi connectivity index (χ1n) is 1.03. The van der Waals surface area contributed by atoms with Crippen molar-refractivity contribution >= 4 is 7.68 Å². The van der Waals surface area contributed by atoms with Crippen LogP contribution in [0.5, 0.6) is 0 Å². The van der Waals surface area contributed by atoms with E-state index in [1.54, 1.807) is 0 Å². The van der Waals surface area contributed by atoms with Gasteiger partial charge in [0.25, 0.3) is 0 Å². The minimum Gasteiger partial charge on any atom is -0.232 e. The van der Waals surface area contributed by atoms with Crippen LogP contribution >= 0.6 is 7.68 Å². The fraction of sp³-hybridized carbons (Fsp3) is 0. The minimum absolute atomic E-state index is 0.870. The van der Waals surface area contributed by atoms with Crippen LogP contribution in [0.15, 0.2) is 12.4 Å². The van der Waals surface area contributed by atoms with Gasteiger partial charge in [-0.25, -0.2) is 9.13 Å². The Kier molecular flexibility index (Phi) is 1.78. The van der Waals surface area contributed by atoms with Gasteiger partial charge in [-0.1, -0.05) is 6.58 Å². The molecule has 0 aromatic rings. The third-order valence-corrected chi connectivity index (χ3v) is 0.447. The van der Waals surface area contributed by atoms with Crippen LogP contribution < -0.4 is 0 Å². The molecule has 0 spiro atoms. The molecule has 2 nitrogen and oxygen atoms in total. The van der Waals surface area contributed by atoms with Gasteiger partial charge in [-0.15, -0.1) is 0 Å². The monoisotopic (exact) mass is 90.0 g/mol. The highest BCUT2D eigenvalue weighted by Gasteiger charge is 1.64. The summed E-state index contributed by atoms with van der Waals surface area (Å²) in [7, 11) is -2.33. The van der Waals surface area contributed by atoms with Gasteiger partial charge < -0.3 is 0 Å². The van der Waals surface area contributed by atoms with Crippen molar-refractivity contribution in [2.45, 2.75) is 0 Å². The number of rotatable bonds is 1. The highest BCUT2D eigenvalue weighted by molar-refractivity contribution is 7.34. The zero-order chi connectivity index (χ0) is 4.28. The fourth-order valence-corrected chi connectivity index (χ4v) is 0. The molecule has 0 atom stereocenters. The molecule has 0 amide bonds. The molecule has 0 aliphatic carbocycles. The van der Waals surface area contributed by atoms with Crippen LogP contribution in [0, 0.1) is 0 Å². The normalized spacial score (nSPS) is 6.40. The summed E-state index contributed by atoms with van der Waals surface area (Å²) in [6.45, 7) is 2.96. The third kappa shape index (κ3) is 3.64. The quantitative estimate of drug-likeness (QED) is 0.455. The molecule has 0 rings (SSSR count). The van der Waals surface area contributed by atoms with Gasteiger partial charge in [0, 0.05) is 5.82 Å². The minimum atomic E-state index is -2.33. The molecule has 0 unspecified atom stereocenters. The van der Waals surface area contributed by atoms with Gasteiger partial charge in [0.15, 0.2) is 0 Å². The first kappa shape index (κ1) is 4.64. The van der Waals surface area contributed by atoms with Gasteiger partial charge in [-0.05, 0) is 0 Å². The summed E-state index contributed by atoms with van der Waals surface area (Å²) in [6, 6.07) is 0. The van der Waals surface area contributed by atoms with Crippen molar-refractivity contribution in [3.05, 3.63) is 12.4 Å². The van der Waals surface area contributed by atoms with E-state index in [4.69, 9.17) is 0 Å². The molecule has 0 heterocycles. The van der Waals surface area contributed by atoms with E-state index in [1.165, 1.54) is 0 Å². The van der Waals surface area contributed by atoms with E-state index in [9.17, 15) is 9.13 Å². The lowest BCUT2D eigenvalue weighted by molar-refractivity contribution is 0.522. The molecule has 0 N–H and O–H groups in total. The van der Waals surface area contributed by atoms with E-state index < -0.39 is 7.68 Å². The molecule has 3 heteroatoms. The van der Waals surface area contributed by atoms with Crippen molar-refractivity contribution in [2.24, 2.45) is 0 Å². The second-order valence-electron chi connectivity index (χ2n) is 0.468. The van der Waals surface area contributed by atoms with Gasteiger partial charge in [0.2, 0.25) is 0 Å². The van der Waals surface area contributed by atoms with Gasteiger partial charge >= 0.3 is 7.68 Å². The van der Waals surface area contributed by atoms with Crippen LogP contribution in [0.2, 0.25) is 0 Å². The molecular weight excluding hydrogens is 87.0 g/mol. The molecular formula is C2H3O2P. The standard InChI is InChI=1S/C2H3O2P/c1-2-5(3)4/h2H,1H2. The van der Waals surface area contributed by atoms with E-state index in [1.807, 2.05) is 0 Å². The average molecular weight is 90.0 g/mol. The molecule has 28 valence electrons. The maximum Gasteiger partial charge on any atom is 0.340 e. The molecule has 5 heavy (non-hydrogen) atoms. The van der Waals surface area contributed by atoms with Crippen molar-refractivity contribution in [2.75, 3.05) is 0 Å². The Bertz CT molecular complexity index is 83.8. The van der Waals surface area contributed by atoms with Gasteiger partial charge in [0.05, 0.1) is 0 Å². The molecule has 0 aliphatic rings. The molecule has 0 aromatic heterocycles. The van der Waals surface area contributed by atoms with Crippen LogP contribution in [-0.4, -0.2) is 0 Å². The molecule has 0 saturated heterocycles. The Morgan fingerprint density at radius 3 is 1.80 bits per heavy atom. The SMILES string of the molecule is C=CP(=O)=O. The smallest absolute Gasteiger partial charge is 0.232 e. The van der Waals surface area contributed by atoms with Crippen LogP contribution in [0.1, 0.15) is 0 Å². The van der Waals surface area contributed by atoms with Crippen LogP contribution in [-0.2, 0) is 9.13 Å². The first-order valence-corrected chi connectivity index (χ1v) is 2.28. The van der Waals surface area contributed by atoms with E-state index in [0.29, 0.717) is 0 Å². The van der Waals surface area contributed by atoms with E-state index in [0.717, 1.165) is 5.82 Å². The molecule has 0 aliphatic heterocycles. The van der Waals surface area contributed by atoms with Crippen LogP contribution in [0.4, 0.5) is 0 Å². The summed E-state index contributed by atoms with van der Waals surface area (Å²) < 4.78 is 18.6. The second-order valence-corrected chi connectivity index (χ2v) is 1.40. The van der Waals surface area contributed by atoms with E-state index in [2.05, 4.69) is 6.58 Å². The van der Waals surface area contributed by atoms with Gasteiger partial charge in [-0.3, -0.25) is 0 Å². The maximum absolute atomic E-state index is 9.29. The predicted octanol–water partition coefficient (Wildman–Crippen LogP) is 1.30. The molecule has 0 aromatic carbocycles. The van der Waals surface area contributed by atoms with Crippen molar-refractivity contribution in [1.82, 2.24) is 0 Å². The second kappa shape index (κ2) is 1.91. The van der Waals surface area contributed by atoms with Gasteiger partial charge in [-0.2, -0.15) is 0 Å². The predicted molar refractivity (Wildman–Crippen MR) is 18.5 cm³/mol. The van der Waals surface area contributed by atoms with Gasteiger partial charge in [0.1, 0.15) is 0 Å². The lowest BCUT2D eigenvalue weighted by Gasteiger charge is -1.42. The maximum atomic E-state index is 9.29. The Balaban J connectivity index is 3.69. The lowest BCUT2D eigenvalue weighted by atomic mass is 11.3. The molecule has 0 bridgehead atoms. The van der Waals surface area contributed by atoms with Crippen LogP contribution in [0.25, 0.3) is 0 Å². The molecule has 0 saturated carbocycles. The van der Waals surface area contributed by atoms with Crippen molar-refractivity contribution in [3.63, 3.8) is 0 Å². The van der Waals surface area contributed by atoms with Crippen molar-refractivity contribution in [1.29, 1.82) is 0 Å². The summed E-state index contributed by atoms with van der Waals surface area (Å²) >= 11 is 0. The summed E-state index contributed by atoms with van der Waals surface area (Å²) in [4.78, 5) is 0. The topological polar surface area (TPSA) is 34.1 Å². The van der Waals surface area contributed by atoms with Crippen LogP contribution in [0.3, 0.4) is 0 Å². The van der Waals surface area contributed by atoms with E-state index >= 15 is 0 Å². The molecule has 0 radical (unpaired) electrons. The number of hydrogen-bond acceptors (Lipinski definition) is 2. The fourth-order valence-electron chi connectivity index (χ4n) is 0. The summed E-state index contributed by atoms with van der Waals surface area (Å²) in [5.41, 5.74) is 0. The van der Waals surface area contributed by atoms with Crippen molar-refractivity contribution < 1.29 is 9.13 Å². The highest BCUT2D eigenvalue weighted by atomic mass is 31.1. The Morgan fingerprint density at radius 2 is 1.80 bits per heavy atom. The van der Waals surface area contributed by atoms with E-state index in [-0.39, 0.29) is 0 Å². The molecule has 0 fully saturated rings. The number of hydrogen-bond donors (Lipinski definition) is 0. The Morgan fingerprint density at radius 1 is 1.60 bits per heavy atom. The largest absolute Gasteiger partial charge is 0.340 e. The zero-order valence-electron chi connectivity index (χ0n) is 2.55. The Hall–Kier alpha value is -0.360. The first-order chi connectivity index (χ1) is 2.27. The summed E-state index contributed by atoms with van der Waals surface area (Å²) in [5, 5.41) is 0. The lowest BCUT2D eigenvalue weighted by Crippen LogP contribution is -1.16. The third-order valence-electron chi connectivity index (χ3n) is 0.149. The summed E-state index contributed by atoms with van der Waals surface area (Å²) in [5.74, 6) is 0.870. The van der Waals surface area contributed by atoms with Crippen molar-refractivity contribution in [3.8, 4) is 0 Å². The highest BCUT2D eigenvalue weighted by Crippen LogP contribution is 1.98. The Labute approximate surface area is 30.3 Å². The summed E-state index contributed by atoms with van der Waals surface area (Å²) in [6.07, 6.45) is 0. The average Bonchev–Trinajstić information content (AvgIpc) is 1.38. The zero-order valence-corrected chi connectivity index (χ0v) is 3.44.